The lowest BCUT2D eigenvalue weighted by molar-refractivity contribution is -0.144. The number of rotatable bonds is 3. The summed E-state index contributed by atoms with van der Waals surface area (Å²) in [5.41, 5.74) is 0. The van der Waals surface area contributed by atoms with Crippen molar-refractivity contribution in [3.63, 3.8) is 0 Å². The van der Waals surface area contributed by atoms with Crippen LogP contribution in [0.3, 0.4) is 0 Å². The van der Waals surface area contributed by atoms with Gasteiger partial charge in [-0.1, -0.05) is 26.7 Å². The Kier molecular flexibility index (Phi) is 4.95. The second-order valence-electron chi connectivity index (χ2n) is 8.12. The molecule has 3 fully saturated rings. The molecule has 5 nitrogen and oxygen atoms in total. The number of hydrogen-bond acceptors (Lipinski definition) is 3. The topological polar surface area (TPSA) is 60.9 Å². The molecule has 3 aliphatic rings. The molecule has 3 rings (SSSR count). The lowest BCUT2D eigenvalue weighted by Gasteiger charge is -2.38. The van der Waals surface area contributed by atoms with Crippen molar-refractivity contribution in [2.24, 2.45) is 17.8 Å². The van der Waals surface area contributed by atoms with E-state index in [1.165, 1.54) is 12.8 Å². The number of likely N-dealkylation sites (tertiary alicyclic amines) is 2. The summed E-state index contributed by atoms with van der Waals surface area (Å²) in [5, 5.41) is 9.57. The van der Waals surface area contributed by atoms with E-state index in [0.717, 1.165) is 38.8 Å². The van der Waals surface area contributed by atoms with Gasteiger partial charge in [-0.15, -0.1) is 0 Å². The van der Waals surface area contributed by atoms with Gasteiger partial charge in [0.2, 0.25) is 5.91 Å². The first kappa shape index (κ1) is 16.7. The Morgan fingerprint density at radius 1 is 1.04 bits per heavy atom. The predicted molar refractivity (Wildman–Crippen MR) is 88.0 cm³/mol. The first-order valence-electron chi connectivity index (χ1n) is 9.22. The molecular weight excluding hydrogens is 292 g/mol. The van der Waals surface area contributed by atoms with Crippen LogP contribution in [0.2, 0.25) is 0 Å². The quantitative estimate of drug-likeness (QED) is 0.865. The van der Waals surface area contributed by atoms with Gasteiger partial charge in [-0.05, 0) is 43.4 Å². The van der Waals surface area contributed by atoms with Crippen LogP contribution in [-0.2, 0) is 9.59 Å². The summed E-state index contributed by atoms with van der Waals surface area (Å²) in [7, 11) is 0. The van der Waals surface area contributed by atoms with Crippen molar-refractivity contribution >= 4 is 11.9 Å². The molecule has 1 amide bonds. The molecule has 1 aliphatic carbocycles. The van der Waals surface area contributed by atoms with Crippen LogP contribution in [0, 0.1) is 17.8 Å². The van der Waals surface area contributed by atoms with E-state index in [2.05, 4.69) is 13.8 Å². The van der Waals surface area contributed by atoms with Crippen LogP contribution >= 0.6 is 0 Å². The Morgan fingerprint density at radius 3 is 2.35 bits per heavy atom. The highest BCUT2D eigenvalue weighted by atomic mass is 16.4. The highest BCUT2D eigenvalue weighted by molar-refractivity contribution is 5.80. The summed E-state index contributed by atoms with van der Waals surface area (Å²) in [6.07, 6.45) is 6.44. The van der Waals surface area contributed by atoms with Gasteiger partial charge in [0, 0.05) is 19.1 Å². The summed E-state index contributed by atoms with van der Waals surface area (Å²) in [4.78, 5) is 28.4. The molecule has 130 valence electrons. The van der Waals surface area contributed by atoms with E-state index < -0.39 is 12.0 Å². The Morgan fingerprint density at radius 2 is 1.70 bits per heavy atom. The van der Waals surface area contributed by atoms with Crippen LogP contribution < -0.4 is 0 Å². The monoisotopic (exact) mass is 322 g/mol. The highest BCUT2D eigenvalue weighted by Crippen LogP contribution is 2.39. The number of aliphatic carboxylic acids is 1. The maximum atomic E-state index is 12.8. The fourth-order valence-electron chi connectivity index (χ4n) is 5.15. The van der Waals surface area contributed by atoms with Crippen LogP contribution in [-0.4, -0.2) is 58.5 Å². The molecule has 0 aromatic carbocycles. The number of fused-ring (bicyclic) bond motifs is 1. The van der Waals surface area contributed by atoms with Crippen molar-refractivity contribution in [1.82, 2.24) is 9.80 Å². The summed E-state index contributed by atoms with van der Waals surface area (Å²) in [5.74, 6) is 0.920. The summed E-state index contributed by atoms with van der Waals surface area (Å²) in [6, 6.07) is -0.167. The van der Waals surface area contributed by atoms with Gasteiger partial charge in [0.25, 0.3) is 0 Å². The van der Waals surface area contributed by atoms with E-state index >= 15 is 0 Å². The van der Waals surface area contributed by atoms with Crippen molar-refractivity contribution in [1.29, 1.82) is 0 Å². The van der Waals surface area contributed by atoms with Crippen molar-refractivity contribution in [2.75, 3.05) is 19.6 Å². The zero-order valence-electron chi connectivity index (χ0n) is 14.4. The minimum absolute atomic E-state index is 0.126. The molecule has 2 aliphatic heterocycles. The van der Waals surface area contributed by atoms with E-state index in [9.17, 15) is 14.7 Å². The molecule has 1 N–H and O–H groups in total. The number of carbonyl (C=O) groups excluding carboxylic acids is 1. The fourth-order valence-corrected chi connectivity index (χ4v) is 5.15. The zero-order chi connectivity index (χ0) is 16.6. The van der Waals surface area contributed by atoms with Gasteiger partial charge >= 0.3 is 5.97 Å². The lowest BCUT2D eigenvalue weighted by Crippen LogP contribution is -2.51. The SMILES string of the molecule is C[C@@H]1C[C@H](C)CN(C(=O)CN2[C@@H]3CCCC[C@H]3C[C@H]2C(=O)O)C1. The second kappa shape index (κ2) is 6.80. The van der Waals surface area contributed by atoms with Crippen molar-refractivity contribution < 1.29 is 14.7 Å². The van der Waals surface area contributed by atoms with E-state index in [4.69, 9.17) is 0 Å². The summed E-state index contributed by atoms with van der Waals surface area (Å²) < 4.78 is 0. The molecule has 0 bridgehead atoms. The molecule has 0 spiro atoms. The number of amides is 1. The number of carboxylic acids is 1. The molecule has 23 heavy (non-hydrogen) atoms. The van der Waals surface area contributed by atoms with E-state index in [1.54, 1.807) is 0 Å². The normalized spacial score (nSPS) is 38.3. The Balaban J connectivity index is 1.68. The van der Waals surface area contributed by atoms with E-state index in [0.29, 0.717) is 23.8 Å². The molecule has 5 heteroatoms. The Labute approximate surface area is 139 Å². The first-order valence-corrected chi connectivity index (χ1v) is 9.22. The van der Waals surface area contributed by atoms with Gasteiger partial charge in [0.1, 0.15) is 6.04 Å². The van der Waals surface area contributed by atoms with Gasteiger partial charge in [-0.2, -0.15) is 0 Å². The standard InChI is InChI=1S/C18H30N2O3/c1-12-7-13(2)10-19(9-12)17(21)11-20-15-6-4-3-5-14(15)8-16(20)18(22)23/h12-16H,3-11H2,1-2H3,(H,22,23)/t12-,13+,14-,15+,16-/m0/s1. The average molecular weight is 322 g/mol. The highest BCUT2D eigenvalue weighted by Gasteiger charge is 2.46. The van der Waals surface area contributed by atoms with Gasteiger partial charge in [-0.3, -0.25) is 14.5 Å². The predicted octanol–water partition coefficient (Wildman–Crippen LogP) is 2.21. The minimum atomic E-state index is -0.757. The molecule has 2 heterocycles. The zero-order valence-corrected chi connectivity index (χ0v) is 14.4. The van der Waals surface area contributed by atoms with E-state index in [-0.39, 0.29) is 12.5 Å². The number of piperidine rings is 1. The molecular formula is C18H30N2O3. The maximum Gasteiger partial charge on any atom is 0.320 e. The third kappa shape index (κ3) is 3.54. The molecule has 0 aromatic heterocycles. The molecule has 2 saturated heterocycles. The van der Waals surface area contributed by atoms with Gasteiger partial charge in [0.15, 0.2) is 0 Å². The first-order chi connectivity index (χ1) is 11.0. The second-order valence-corrected chi connectivity index (χ2v) is 8.12. The van der Waals surface area contributed by atoms with Crippen LogP contribution in [0.15, 0.2) is 0 Å². The van der Waals surface area contributed by atoms with E-state index in [1.807, 2.05) is 9.80 Å². The van der Waals surface area contributed by atoms with Crippen LogP contribution in [0.25, 0.3) is 0 Å². The van der Waals surface area contributed by atoms with Crippen LogP contribution in [0.4, 0.5) is 0 Å². The maximum absolute atomic E-state index is 12.8. The Hall–Kier alpha value is -1.10. The minimum Gasteiger partial charge on any atom is -0.480 e. The third-order valence-electron chi connectivity index (χ3n) is 6.05. The van der Waals surface area contributed by atoms with Crippen LogP contribution in [0.5, 0.6) is 0 Å². The van der Waals surface area contributed by atoms with Gasteiger partial charge in [0.05, 0.1) is 6.54 Å². The van der Waals surface area contributed by atoms with Gasteiger partial charge < -0.3 is 10.0 Å². The molecule has 0 radical (unpaired) electrons. The largest absolute Gasteiger partial charge is 0.480 e. The fraction of sp³-hybridized carbons (Fsp3) is 0.889. The summed E-state index contributed by atoms with van der Waals surface area (Å²) in [6.45, 7) is 6.33. The number of carboxylic acid groups (broad SMARTS) is 1. The van der Waals surface area contributed by atoms with Gasteiger partial charge in [-0.25, -0.2) is 0 Å². The smallest absolute Gasteiger partial charge is 0.320 e. The van der Waals surface area contributed by atoms with Crippen LogP contribution in [0.1, 0.15) is 52.4 Å². The average Bonchev–Trinajstić information content (AvgIpc) is 2.85. The van der Waals surface area contributed by atoms with Crippen molar-refractivity contribution in [3.05, 3.63) is 0 Å². The number of nitrogens with zero attached hydrogens (tertiary/aromatic N) is 2. The number of carbonyl (C=O) groups is 2. The van der Waals surface area contributed by atoms with Crippen molar-refractivity contribution in [2.45, 2.75) is 64.5 Å². The lowest BCUT2D eigenvalue weighted by atomic mass is 9.85. The molecule has 0 unspecified atom stereocenters. The van der Waals surface area contributed by atoms with Crippen molar-refractivity contribution in [3.8, 4) is 0 Å². The molecule has 5 atom stereocenters. The summed E-state index contributed by atoms with van der Waals surface area (Å²) >= 11 is 0. The molecule has 1 saturated carbocycles. The third-order valence-corrected chi connectivity index (χ3v) is 6.05. The Bertz CT molecular complexity index is 457. The molecule has 0 aromatic rings. The number of hydrogen-bond donors (Lipinski definition) is 1.